The van der Waals surface area contributed by atoms with Gasteiger partial charge in [0, 0.05) is 13.1 Å². The number of aryl methyl sites for hydroxylation is 1. The van der Waals surface area contributed by atoms with Gasteiger partial charge in [0.05, 0.1) is 18.6 Å². The monoisotopic (exact) mass is 345 g/mol. The average molecular weight is 345 g/mol. The van der Waals surface area contributed by atoms with Gasteiger partial charge in [-0.2, -0.15) is 4.98 Å². The first-order valence-electron chi connectivity index (χ1n) is 8.45. The molecule has 0 spiro atoms. The number of aromatic nitrogens is 2. The molecule has 2 aromatic rings. The first-order chi connectivity index (χ1) is 12.0. The first kappa shape index (κ1) is 17.6. The number of β-amino-alcohol motifs (C(OH)–C–C–N with tert-alkyl or cyclic N) is 1. The SMILES string of the molecule is Cc1noc(CC2(O)CCCN(C(=O)COCc3ccccc3)C2)n1. The minimum Gasteiger partial charge on any atom is -0.388 e. The van der Waals surface area contributed by atoms with Crippen LogP contribution >= 0.6 is 0 Å². The third-order valence-corrected chi connectivity index (χ3v) is 4.30. The predicted octanol–water partition coefficient (Wildman–Crippen LogP) is 1.49. The second-order valence-corrected chi connectivity index (χ2v) is 6.53. The number of benzene rings is 1. The van der Waals surface area contributed by atoms with E-state index in [4.69, 9.17) is 9.26 Å². The molecule has 0 radical (unpaired) electrons. The zero-order valence-electron chi connectivity index (χ0n) is 14.4. The van der Waals surface area contributed by atoms with Crippen LogP contribution in [0.15, 0.2) is 34.9 Å². The molecule has 0 saturated carbocycles. The van der Waals surface area contributed by atoms with Crippen LogP contribution in [0.25, 0.3) is 0 Å². The number of nitrogens with zero attached hydrogens (tertiary/aromatic N) is 3. The molecule has 1 saturated heterocycles. The second-order valence-electron chi connectivity index (χ2n) is 6.53. The van der Waals surface area contributed by atoms with Crippen molar-refractivity contribution in [1.82, 2.24) is 15.0 Å². The molecule has 1 aromatic carbocycles. The van der Waals surface area contributed by atoms with Crippen LogP contribution in [0.2, 0.25) is 0 Å². The van der Waals surface area contributed by atoms with E-state index in [1.54, 1.807) is 11.8 Å². The molecule has 1 fully saturated rings. The van der Waals surface area contributed by atoms with E-state index in [0.717, 1.165) is 12.0 Å². The van der Waals surface area contributed by atoms with E-state index in [9.17, 15) is 9.90 Å². The molecule has 1 aliphatic rings. The van der Waals surface area contributed by atoms with Crippen LogP contribution in [0.1, 0.15) is 30.1 Å². The predicted molar refractivity (Wildman–Crippen MR) is 89.6 cm³/mol. The van der Waals surface area contributed by atoms with Crippen molar-refractivity contribution in [3.05, 3.63) is 47.6 Å². The van der Waals surface area contributed by atoms with Gasteiger partial charge in [-0.3, -0.25) is 4.79 Å². The number of likely N-dealkylation sites (tertiary alicyclic amines) is 1. The third kappa shape index (κ3) is 4.87. The lowest BCUT2D eigenvalue weighted by molar-refractivity contribution is -0.143. The van der Waals surface area contributed by atoms with Gasteiger partial charge in [-0.1, -0.05) is 35.5 Å². The fourth-order valence-corrected chi connectivity index (χ4v) is 3.08. The van der Waals surface area contributed by atoms with Gasteiger partial charge in [0.1, 0.15) is 6.61 Å². The molecule has 1 atom stereocenters. The molecule has 1 amide bonds. The van der Waals surface area contributed by atoms with Crippen molar-refractivity contribution in [2.45, 2.75) is 38.4 Å². The minimum atomic E-state index is -1.04. The van der Waals surface area contributed by atoms with Crippen molar-refractivity contribution in [2.24, 2.45) is 0 Å². The molecule has 2 heterocycles. The van der Waals surface area contributed by atoms with E-state index in [0.29, 0.717) is 31.3 Å². The summed E-state index contributed by atoms with van der Waals surface area (Å²) in [5.41, 5.74) is -0.0102. The zero-order valence-corrected chi connectivity index (χ0v) is 14.4. The van der Waals surface area contributed by atoms with Crippen LogP contribution < -0.4 is 0 Å². The number of rotatable bonds is 6. The fourth-order valence-electron chi connectivity index (χ4n) is 3.08. The summed E-state index contributed by atoms with van der Waals surface area (Å²) in [4.78, 5) is 18.2. The van der Waals surface area contributed by atoms with Crippen LogP contribution in [0.3, 0.4) is 0 Å². The zero-order chi connectivity index (χ0) is 17.7. The minimum absolute atomic E-state index is 0.00460. The van der Waals surface area contributed by atoms with Crippen LogP contribution in [0, 0.1) is 6.92 Å². The highest BCUT2D eigenvalue weighted by molar-refractivity contribution is 5.77. The number of piperidine rings is 1. The summed E-state index contributed by atoms with van der Waals surface area (Å²) in [6.07, 6.45) is 1.58. The molecule has 1 aromatic heterocycles. The standard InChI is InChI=1S/C18H23N3O4/c1-14-19-16(25-20-14)10-18(23)8-5-9-21(13-18)17(22)12-24-11-15-6-3-2-4-7-15/h2-4,6-7,23H,5,8-13H2,1H3. The molecule has 0 bridgehead atoms. The maximum atomic E-state index is 12.4. The Morgan fingerprint density at radius 3 is 2.92 bits per heavy atom. The van der Waals surface area contributed by atoms with Crippen molar-refractivity contribution in [2.75, 3.05) is 19.7 Å². The Morgan fingerprint density at radius 1 is 1.40 bits per heavy atom. The molecule has 0 aliphatic carbocycles. The summed E-state index contributed by atoms with van der Waals surface area (Å²) in [5.74, 6) is 0.821. The summed E-state index contributed by atoms with van der Waals surface area (Å²) < 4.78 is 10.6. The van der Waals surface area contributed by atoms with Gasteiger partial charge in [-0.05, 0) is 25.3 Å². The Balaban J connectivity index is 1.50. The average Bonchev–Trinajstić information content (AvgIpc) is 3.00. The largest absolute Gasteiger partial charge is 0.388 e. The highest BCUT2D eigenvalue weighted by atomic mass is 16.5. The van der Waals surface area contributed by atoms with Crippen molar-refractivity contribution >= 4 is 5.91 Å². The molecule has 7 nitrogen and oxygen atoms in total. The number of carbonyl (C=O) groups excluding carboxylic acids is 1. The van der Waals surface area contributed by atoms with E-state index >= 15 is 0 Å². The van der Waals surface area contributed by atoms with Gasteiger partial charge in [0.2, 0.25) is 11.8 Å². The van der Waals surface area contributed by atoms with E-state index in [2.05, 4.69) is 10.1 Å². The van der Waals surface area contributed by atoms with Gasteiger partial charge in [-0.15, -0.1) is 0 Å². The van der Waals surface area contributed by atoms with Crippen LogP contribution in [-0.2, 0) is 22.6 Å². The molecule has 1 N–H and O–H groups in total. The fraction of sp³-hybridized carbons (Fsp3) is 0.500. The van der Waals surface area contributed by atoms with Gasteiger partial charge >= 0.3 is 0 Å². The Kier molecular flexibility index (Phi) is 5.45. The summed E-state index contributed by atoms with van der Waals surface area (Å²) >= 11 is 0. The smallest absolute Gasteiger partial charge is 0.248 e. The van der Waals surface area contributed by atoms with Crippen LogP contribution in [0.5, 0.6) is 0 Å². The summed E-state index contributed by atoms with van der Waals surface area (Å²) in [6.45, 7) is 3.01. The second kappa shape index (κ2) is 7.76. The maximum Gasteiger partial charge on any atom is 0.248 e. The number of ether oxygens (including phenoxy) is 1. The first-order valence-corrected chi connectivity index (χ1v) is 8.45. The van der Waals surface area contributed by atoms with E-state index < -0.39 is 5.60 Å². The Labute approximate surface area is 146 Å². The topological polar surface area (TPSA) is 88.7 Å². The molecule has 1 aliphatic heterocycles. The van der Waals surface area contributed by atoms with Gasteiger partial charge in [0.25, 0.3) is 0 Å². The molecule has 1 unspecified atom stereocenters. The van der Waals surface area contributed by atoms with Gasteiger partial charge in [0.15, 0.2) is 5.82 Å². The lowest BCUT2D eigenvalue weighted by Crippen LogP contribution is -2.52. The highest BCUT2D eigenvalue weighted by Gasteiger charge is 2.36. The summed E-state index contributed by atoms with van der Waals surface area (Å²) in [6, 6.07) is 9.72. The van der Waals surface area contributed by atoms with Crippen LogP contribution in [0.4, 0.5) is 0 Å². The van der Waals surface area contributed by atoms with Gasteiger partial charge in [-0.25, -0.2) is 0 Å². The van der Waals surface area contributed by atoms with Crippen molar-refractivity contribution in [3.8, 4) is 0 Å². The molecular formula is C18H23N3O4. The summed E-state index contributed by atoms with van der Waals surface area (Å²) in [7, 11) is 0. The van der Waals surface area contributed by atoms with Crippen molar-refractivity contribution < 1.29 is 19.2 Å². The van der Waals surface area contributed by atoms with E-state index in [1.165, 1.54) is 0 Å². The number of aliphatic hydroxyl groups is 1. The van der Waals surface area contributed by atoms with Gasteiger partial charge < -0.3 is 19.3 Å². The van der Waals surface area contributed by atoms with E-state index in [-0.39, 0.29) is 25.5 Å². The maximum absolute atomic E-state index is 12.4. The Morgan fingerprint density at radius 2 is 2.20 bits per heavy atom. The Bertz CT molecular complexity index is 703. The Hall–Kier alpha value is -2.25. The third-order valence-electron chi connectivity index (χ3n) is 4.30. The van der Waals surface area contributed by atoms with Crippen LogP contribution in [-0.4, -0.2) is 51.4 Å². The number of hydrogen-bond acceptors (Lipinski definition) is 6. The molecule has 3 rings (SSSR count). The molecule has 25 heavy (non-hydrogen) atoms. The highest BCUT2D eigenvalue weighted by Crippen LogP contribution is 2.25. The number of hydrogen-bond donors (Lipinski definition) is 1. The molecule has 134 valence electrons. The van der Waals surface area contributed by atoms with Crippen molar-refractivity contribution in [3.63, 3.8) is 0 Å². The molecular weight excluding hydrogens is 322 g/mol. The lowest BCUT2D eigenvalue weighted by atomic mass is 9.89. The quantitative estimate of drug-likeness (QED) is 0.853. The normalized spacial score (nSPS) is 20.6. The number of amides is 1. The molecule has 7 heteroatoms. The summed E-state index contributed by atoms with van der Waals surface area (Å²) in [5, 5.41) is 14.5. The lowest BCUT2D eigenvalue weighted by Gasteiger charge is -2.38. The van der Waals surface area contributed by atoms with Crippen molar-refractivity contribution in [1.29, 1.82) is 0 Å². The number of carbonyl (C=O) groups is 1. The van der Waals surface area contributed by atoms with E-state index in [1.807, 2.05) is 30.3 Å².